The summed E-state index contributed by atoms with van der Waals surface area (Å²) in [6.45, 7) is 5.60. The zero-order chi connectivity index (χ0) is 17.8. The second-order valence-electron chi connectivity index (χ2n) is 7.79. The van der Waals surface area contributed by atoms with Gasteiger partial charge in [0.2, 0.25) is 0 Å². The maximum atomic E-state index is 15.0. The molecule has 5 heterocycles. The number of aryl methyl sites for hydroxylation is 2. The van der Waals surface area contributed by atoms with Crippen LogP contribution < -0.4 is 9.80 Å². The van der Waals surface area contributed by atoms with Crippen LogP contribution in [-0.4, -0.2) is 45.1 Å². The van der Waals surface area contributed by atoms with Gasteiger partial charge in [0.1, 0.15) is 18.0 Å². The van der Waals surface area contributed by atoms with Crippen LogP contribution in [-0.2, 0) is 0 Å². The summed E-state index contributed by atoms with van der Waals surface area (Å²) in [6.07, 6.45) is 5.88. The Morgan fingerprint density at radius 2 is 1.85 bits per heavy atom. The number of aromatic nitrogens is 4. The first-order valence-corrected chi connectivity index (χ1v) is 9.46. The van der Waals surface area contributed by atoms with Crippen LogP contribution in [0.2, 0.25) is 0 Å². The fourth-order valence-corrected chi connectivity index (χ4v) is 4.52. The van der Waals surface area contributed by atoms with Crippen molar-refractivity contribution in [2.24, 2.45) is 0 Å². The molecule has 7 heteroatoms. The zero-order valence-corrected chi connectivity index (χ0v) is 15.2. The highest BCUT2D eigenvalue weighted by atomic mass is 19.1. The number of anilines is 2. The summed E-state index contributed by atoms with van der Waals surface area (Å²) >= 11 is 0. The van der Waals surface area contributed by atoms with Gasteiger partial charge in [0.25, 0.3) is 0 Å². The van der Waals surface area contributed by atoms with E-state index in [-0.39, 0.29) is 23.8 Å². The van der Waals surface area contributed by atoms with Gasteiger partial charge in [0.15, 0.2) is 11.6 Å². The Bertz CT molecular complexity index is 820. The highest BCUT2D eigenvalue weighted by Crippen LogP contribution is 2.42. The van der Waals surface area contributed by atoms with Crippen LogP contribution in [0.15, 0.2) is 12.4 Å². The SMILES string of the molecule is Cc1cc(N2CC3CC(C2)N3c2ncnc(C3CCC3)c2F)nc(C)n1. The highest BCUT2D eigenvalue weighted by Gasteiger charge is 2.47. The van der Waals surface area contributed by atoms with Gasteiger partial charge in [-0.25, -0.2) is 24.3 Å². The first-order chi connectivity index (χ1) is 12.6. The summed E-state index contributed by atoms with van der Waals surface area (Å²) in [5.41, 5.74) is 1.60. The molecule has 6 nitrogen and oxygen atoms in total. The van der Waals surface area contributed by atoms with Gasteiger partial charge in [-0.2, -0.15) is 0 Å². The molecule has 26 heavy (non-hydrogen) atoms. The molecule has 136 valence electrons. The maximum Gasteiger partial charge on any atom is 0.187 e. The maximum absolute atomic E-state index is 15.0. The van der Waals surface area contributed by atoms with Crippen molar-refractivity contribution in [3.05, 3.63) is 35.4 Å². The first kappa shape index (κ1) is 15.9. The third kappa shape index (κ3) is 2.44. The van der Waals surface area contributed by atoms with Crippen molar-refractivity contribution in [2.45, 2.75) is 57.5 Å². The monoisotopic (exact) mass is 354 g/mol. The van der Waals surface area contributed by atoms with E-state index in [2.05, 4.69) is 29.7 Å². The lowest BCUT2D eigenvalue weighted by atomic mass is 9.82. The summed E-state index contributed by atoms with van der Waals surface area (Å²) in [6, 6.07) is 2.59. The molecule has 2 aromatic rings. The van der Waals surface area contributed by atoms with E-state index in [0.717, 1.165) is 49.7 Å². The molecule has 2 unspecified atom stereocenters. The standard InChI is InChI=1S/C19H23FN6/c1-11-6-16(24-12(2)23-11)25-8-14-7-15(9-25)26(14)19-17(20)18(21-10-22-19)13-4-3-5-13/h6,10,13-15H,3-5,7-9H2,1-2H3. The van der Waals surface area contributed by atoms with E-state index in [4.69, 9.17) is 0 Å². The first-order valence-electron chi connectivity index (χ1n) is 9.46. The minimum absolute atomic E-state index is 0.200. The molecule has 2 atom stereocenters. The van der Waals surface area contributed by atoms with Crippen molar-refractivity contribution in [1.82, 2.24) is 19.9 Å². The Hall–Kier alpha value is -2.31. The topological polar surface area (TPSA) is 58.0 Å². The van der Waals surface area contributed by atoms with Gasteiger partial charge >= 0.3 is 0 Å². The fourth-order valence-electron chi connectivity index (χ4n) is 4.52. The van der Waals surface area contributed by atoms with Gasteiger partial charge in [-0.3, -0.25) is 0 Å². The smallest absolute Gasteiger partial charge is 0.187 e. The molecule has 0 amide bonds. The molecule has 0 aromatic carbocycles. The van der Waals surface area contributed by atoms with Crippen molar-refractivity contribution in [1.29, 1.82) is 0 Å². The molecule has 0 radical (unpaired) electrons. The largest absolute Gasteiger partial charge is 0.352 e. The van der Waals surface area contributed by atoms with Crippen LogP contribution in [0, 0.1) is 19.7 Å². The number of nitrogens with zero attached hydrogens (tertiary/aromatic N) is 6. The van der Waals surface area contributed by atoms with E-state index in [1.165, 1.54) is 12.7 Å². The third-order valence-electron chi connectivity index (χ3n) is 6.00. The average Bonchev–Trinajstić information content (AvgIpc) is 2.56. The quantitative estimate of drug-likeness (QED) is 0.845. The summed E-state index contributed by atoms with van der Waals surface area (Å²) in [5, 5.41) is 0. The number of piperazine rings is 1. The predicted octanol–water partition coefficient (Wildman–Crippen LogP) is 2.76. The second-order valence-corrected chi connectivity index (χ2v) is 7.79. The third-order valence-corrected chi connectivity index (χ3v) is 6.00. The van der Waals surface area contributed by atoms with Gasteiger partial charge < -0.3 is 9.80 Å². The van der Waals surface area contributed by atoms with Crippen LogP contribution in [0.25, 0.3) is 0 Å². The number of halogens is 1. The minimum atomic E-state index is -0.200. The molecular formula is C19H23FN6. The Labute approximate surface area is 152 Å². The van der Waals surface area contributed by atoms with Crippen LogP contribution in [0.4, 0.5) is 16.0 Å². The van der Waals surface area contributed by atoms with Crippen molar-refractivity contribution in [3.63, 3.8) is 0 Å². The fraction of sp³-hybridized carbons (Fsp3) is 0.579. The minimum Gasteiger partial charge on any atom is -0.352 e. The number of hydrogen-bond acceptors (Lipinski definition) is 6. The number of piperidine rings is 1. The predicted molar refractivity (Wildman–Crippen MR) is 97.0 cm³/mol. The molecule has 2 bridgehead atoms. The summed E-state index contributed by atoms with van der Waals surface area (Å²) < 4.78 is 15.0. The highest BCUT2D eigenvalue weighted by molar-refractivity contribution is 5.53. The summed E-state index contributed by atoms with van der Waals surface area (Å²) in [4.78, 5) is 21.9. The second kappa shape index (κ2) is 5.86. The van der Waals surface area contributed by atoms with Gasteiger partial charge in [-0.15, -0.1) is 0 Å². The molecule has 3 saturated heterocycles. The molecule has 4 aliphatic rings. The van der Waals surface area contributed by atoms with E-state index >= 15 is 4.39 Å². The molecule has 2 aromatic heterocycles. The van der Waals surface area contributed by atoms with Gasteiger partial charge in [-0.1, -0.05) is 6.42 Å². The molecular weight excluding hydrogens is 331 g/mol. The van der Waals surface area contributed by atoms with Gasteiger partial charge in [0.05, 0.1) is 17.8 Å². The number of rotatable bonds is 3. The summed E-state index contributed by atoms with van der Waals surface area (Å²) in [7, 11) is 0. The van der Waals surface area contributed by atoms with Gasteiger partial charge in [0, 0.05) is 30.8 Å². The van der Waals surface area contributed by atoms with Crippen LogP contribution in [0.3, 0.4) is 0 Å². The van der Waals surface area contributed by atoms with E-state index in [0.29, 0.717) is 11.5 Å². The average molecular weight is 354 g/mol. The van der Waals surface area contributed by atoms with Crippen LogP contribution in [0.1, 0.15) is 48.8 Å². The molecule has 1 aliphatic carbocycles. The summed E-state index contributed by atoms with van der Waals surface area (Å²) in [5.74, 6) is 2.35. The zero-order valence-electron chi connectivity index (χ0n) is 15.2. The molecule has 6 rings (SSSR count). The lowest BCUT2D eigenvalue weighted by molar-refractivity contribution is 0.282. The molecule has 4 fully saturated rings. The normalized spacial score (nSPS) is 25.0. The Morgan fingerprint density at radius 3 is 2.50 bits per heavy atom. The van der Waals surface area contributed by atoms with Crippen molar-refractivity contribution in [3.8, 4) is 0 Å². The Kier molecular flexibility index (Phi) is 3.58. The molecule has 0 N–H and O–H groups in total. The van der Waals surface area contributed by atoms with E-state index in [1.54, 1.807) is 0 Å². The van der Waals surface area contributed by atoms with Crippen molar-refractivity contribution < 1.29 is 4.39 Å². The Balaban J connectivity index is 1.38. The number of fused-ring (bicyclic) bond motifs is 2. The van der Waals surface area contributed by atoms with Gasteiger partial charge in [-0.05, 0) is 33.1 Å². The Morgan fingerprint density at radius 1 is 1.08 bits per heavy atom. The number of hydrogen-bond donors (Lipinski definition) is 0. The van der Waals surface area contributed by atoms with Crippen LogP contribution in [0.5, 0.6) is 0 Å². The van der Waals surface area contributed by atoms with Crippen molar-refractivity contribution >= 4 is 11.6 Å². The van der Waals surface area contributed by atoms with Crippen molar-refractivity contribution in [2.75, 3.05) is 22.9 Å². The lowest BCUT2D eigenvalue weighted by Crippen LogP contribution is -2.69. The molecule has 1 saturated carbocycles. The van der Waals surface area contributed by atoms with E-state index < -0.39 is 0 Å². The molecule has 0 spiro atoms. The lowest BCUT2D eigenvalue weighted by Gasteiger charge is -2.57. The van der Waals surface area contributed by atoms with E-state index in [1.807, 2.05) is 19.9 Å². The molecule has 3 aliphatic heterocycles. The van der Waals surface area contributed by atoms with E-state index in [9.17, 15) is 0 Å². The van der Waals surface area contributed by atoms with Crippen LogP contribution >= 0.6 is 0 Å².